The zero-order valence-corrected chi connectivity index (χ0v) is 13.4. The van der Waals surface area contributed by atoms with Crippen molar-refractivity contribution in [3.63, 3.8) is 0 Å². The van der Waals surface area contributed by atoms with Crippen LogP contribution in [0.5, 0.6) is 0 Å². The molecule has 0 bridgehead atoms. The molecule has 2 atom stereocenters. The fourth-order valence-electron chi connectivity index (χ4n) is 2.57. The quantitative estimate of drug-likeness (QED) is 0.832. The molecule has 5 nitrogen and oxygen atoms in total. The fraction of sp³-hybridized carbons (Fsp3) is 0.500. The summed E-state index contributed by atoms with van der Waals surface area (Å²) in [6.07, 6.45) is 4.83. The molecule has 0 radical (unpaired) electrons. The summed E-state index contributed by atoms with van der Waals surface area (Å²) in [5.41, 5.74) is 0.587. The number of benzene rings is 1. The van der Waals surface area contributed by atoms with E-state index < -0.39 is 16.0 Å². The molecule has 1 aliphatic carbocycles. The molecular formula is C14H19NO4S2. The van der Waals surface area contributed by atoms with E-state index in [4.69, 9.17) is 5.11 Å². The predicted octanol–water partition coefficient (Wildman–Crippen LogP) is 1.88. The van der Waals surface area contributed by atoms with Crippen molar-refractivity contribution < 1.29 is 18.3 Å². The minimum absolute atomic E-state index is 0.0244. The predicted molar refractivity (Wildman–Crippen MR) is 83.0 cm³/mol. The van der Waals surface area contributed by atoms with Crippen LogP contribution in [0.15, 0.2) is 29.2 Å². The first-order valence-electron chi connectivity index (χ1n) is 6.78. The minimum Gasteiger partial charge on any atom is -0.481 e. The van der Waals surface area contributed by atoms with Crippen LogP contribution in [0, 0.1) is 0 Å². The molecule has 2 N–H and O–H groups in total. The van der Waals surface area contributed by atoms with E-state index in [1.54, 1.807) is 23.9 Å². The number of carboxylic acid groups (broad SMARTS) is 1. The Morgan fingerprint density at radius 3 is 2.57 bits per heavy atom. The third kappa shape index (κ3) is 4.21. The molecule has 2 unspecified atom stereocenters. The molecule has 2 rings (SSSR count). The smallest absolute Gasteiger partial charge is 0.307 e. The van der Waals surface area contributed by atoms with Gasteiger partial charge in [0, 0.05) is 11.3 Å². The maximum Gasteiger partial charge on any atom is 0.307 e. The Labute approximate surface area is 129 Å². The molecule has 0 heterocycles. The van der Waals surface area contributed by atoms with Gasteiger partial charge in [-0.3, -0.25) is 4.79 Å². The topological polar surface area (TPSA) is 83.5 Å². The molecule has 0 aromatic heterocycles. The molecule has 0 spiro atoms. The maximum absolute atomic E-state index is 12.3. The molecule has 1 aromatic rings. The van der Waals surface area contributed by atoms with Gasteiger partial charge in [-0.15, -0.1) is 0 Å². The number of rotatable bonds is 6. The number of aliphatic carboxylic acids is 1. The minimum atomic E-state index is -3.54. The summed E-state index contributed by atoms with van der Waals surface area (Å²) in [6, 6.07) is 5.99. The second-order valence-corrected chi connectivity index (χ2v) is 7.94. The first-order valence-corrected chi connectivity index (χ1v) is 9.55. The van der Waals surface area contributed by atoms with Gasteiger partial charge in [-0.05, 0) is 36.8 Å². The van der Waals surface area contributed by atoms with Crippen LogP contribution in [0.2, 0.25) is 0 Å². The van der Waals surface area contributed by atoms with Gasteiger partial charge in [0.15, 0.2) is 0 Å². The molecule has 1 fully saturated rings. The summed E-state index contributed by atoms with van der Waals surface area (Å²) >= 11 is 1.69. The number of hydrogen-bond acceptors (Lipinski definition) is 4. The van der Waals surface area contributed by atoms with E-state index in [1.165, 1.54) is 12.1 Å². The lowest BCUT2D eigenvalue weighted by Gasteiger charge is -2.19. The van der Waals surface area contributed by atoms with Crippen molar-refractivity contribution >= 4 is 27.8 Å². The van der Waals surface area contributed by atoms with Crippen molar-refractivity contribution in [3.8, 4) is 0 Å². The van der Waals surface area contributed by atoms with Gasteiger partial charge in [-0.2, -0.15) is 11.8 Å². The van der Waals surface area contributed by atoms with E-state index in [1.807, 2.05) is 6.26 Å². The molecule has 116 valence electrons. The van der Waals surface area contributed by atoms with Crippen LogP contribution in [0.25, 0.3) is 0 Å². The van der Waals surface area contributed by atoms with Gasteiger partial charge in [0.2, 0.25) is 10.0 Å². The zero-order chi connectivity index (χ0) is 15.5. The average molecular weight is 329 g/mol. The van der Waals surface area contributed by atoms with Gasteiger partial charge in [0.05, 0.1) is 11.3 Å². The molecule has 0 saturated heterocycles. The highest BCUT2D eigenvalue weighted by atomic mass is 32.2. The summed E-state index contributed by atoms with van der Waals surface area (Å²) in [7, 11) is -3.54. The van der Waals surface area contributed by atoms with E-state index >= 15 is 0 Å². The maximum atomic E-state index is 12.3. The molecule has 1 saturated carbocycles. The van der Waals surface area contributed by atoms with E-state index in [0.717, 1.165) is 19.3 Å². The molecule has 7 heteroatoms. The number of carboxylic acids is 1. The number of sulfonamides is 1. The highest BCUT2D eigenvalue weighted by Gasteiger charge is 2.30. The van der Waals surface area contributed by atoms with E-state index in [-0.39, 0.29) is 17.4 Å². The second kappa shape index (κ2) is 6.81. The van der Waals surface area contributed by atoms with Gasteiger partial charge in [-0.25, -0.2) is 13.1 Å². The number of hydrogen-bond donors (Lipinski definition) is 2. The Hall–Kier alpha value is -1.05. The Bertz CT molecular complexity index is 598. The largest absolute Gasteiger partial charge is 0.481 e. The van der Waals surface area contributed by atoms with Gasteiger partial charge < -0.3 is 5.11 Å². The van der Waals surface area contributed by atoms with Crippen molar-refractivity contribution in [2.45, 2.75) is 41.9 Å². The van der Waals surface area contributed by atoms with Gasteiger partial charge >= 0.3 is 5.97 Å². The van der Waals surface area contributed by atoms with Crippen molar-refractivity contribution in [2.24, 2.45) is 0 Å². The Morgan fingerprint density at radius 1 is 1.33 bits per heavy atom. The van der Waals surface area contributed by atoms with E-state index in [0.29, 0.717) is 10.8 Å². The van der Waals surface area contributed by atoms with Crippen LogP contribution in [-0.4, -0.2) is 37.0 Å². The standard InChI is InChI=1S/C14H19NO4S2/c1-20-13-4-2-3-12(13)15-21(18,19)11-7-5-10(6-8-11)9-14(16)17/h5-8,12-13,15H,2-4,9H2,1H3,(H,16,17). The Kier molecular flexibility index (Phi) is 5.29. The van der Waals surface area contributed by atoms with Crippen molar-refractivity contribution in [1.82, 2.24) is 4.72 Å². The number of nitrogens with one attached hydrogen (secondary N) is 1. The van der Waals surface area contributed by atoms with Gasteiger partial charge in [0.25, 0.3) is 0 Å². The summed E-state index contributed by atoms with van der Waals surface area (Å²) < 4.78 is 27.5. The van der Waals surface area contributed by atoms with Crippen LogP contribution in [-0.2, 0) is 21.2 Å². The lowest BCUT2D eigenvalue weighted by atomic mass is 10.2. The molecule has 21 heavy (non-hydrogen) atoms. The normalized spacial score (nSPS) is 22.3. The van der Waals surface area contributed by atoms with Crippen molar-refractivity contribution in [1.29, 1.82) is 0 Å². The number of thioether (sulfide) groups is 1. The molecule has 1 aromatic carbocycles. The zero-order valence-electron chi connectivity index (χ0n) is 11.8. The first-order chi connectivity index (χ1) is 9.92. The van der Waals surface area contributed by atoms with Gasteiger partial charge in [0.1, 0.15) is 0 Å². The molecule has 1 aliphatic rings. The van der Waals surface area contributed by atoms with Crippen LogP contribution < -0.4 is 4.72 Å². The summed E-state index contributed by atoms with van der Waals surface area (Å²) in [5, 5.41) is 9.03. The van der Waals surface area contributed by atoms with Crippen molar-refractivity contribution in [3.05, 3.63) is 29.8 Å². The highest BCUT2D eigenvalue weighted by Crippen LogP contribution is 2.29. The van der Waals surface area contributed by atoms with Crippen LogP contribution in [0.1, 0.15) is 24.8 Å². The molecule has 0 amide bonds. The number of carbonyl (C=O) groups is 1. The lowest BCUT2D eigenvalue weighted by molar-refractivity contribution is -0.136. The van der Waals surface area contributed by atoms with E-state index in [2.05, 4.69) is 4.72 Å². The highest BCUT2D eigenvalue weighted by molar-refractivity contribution is 7.99. The van der Waals surface area contributed by atoms with Crippen LogP contribution in [0.3, 0.4) is 0 Å². The van der Waals surface area contributed by atoms with Crippen LogP contribution >= 0.6 is 11.8 Å². The first kappa shape index (κ1) is 16.3. The lowest BCUT2D eigenvalue weighted by Crippen LogP contribution is -2.38. The summed E-state index contributed by atoms with van der Waals surface area (Å²) in [5.74, 6) is -0.933. The second-order valence-electron chi connectivity index (χ2n) is 5.15. The average Bonchev–Trinajstić information content (AvgIpc) is 2.85. The third-order valence-corrected chi connectivity index (χ3v) is 6.33. The summed E-state index contributed by atoms with van der Waals surface area (Å²) in [4.78, 5) is 10.8. The third-order valence-electron chi connectivity index (χ3n) is 3.65. The van der Waals surface area contributed by atoms with Crippen molar-refractivity contribution in [2.75, 3.05) is 6.26 Å². The monoisotopic (exact) mass is 329 g/mol. The summed E-state index contributed by atoms with van der Waals surface area (Å²) in [6.45, 7) is 0. The van der Waals surface area contributed by atoms with Crippen LogP contribution in [0.4, 0.5) is 0 Å². The van der Waals surface area contributed by atoms with Gasteiger partial charge in [-0.1, -0.05) is 18.6 Å². The Morgan fingerprint density at radius 2 is 2.00 bits per heavy atom. The molecular weight excluding hydrogens is 310 g/mol. The Balaban J connectivity index is 2.10. The SMILES string of the molecule is CSC1CCCC1NS(=O)(=O)c1ccc(CC(=O)O)cc1. The fourth-order valence-corrected chi connectivity index (χ4v) is 4.90. The van der Waals surface area contributed by atoms with E-state index in [9.17, 15) is 13.2 Å². The molecule has 0 aliphatic heterocycles.